The zero-order valence-corrected chi connectivity index (χ0v) is 20.0. The van der Waals surface area contributed by atoms with E-state index in [-0.39, 0.29) is 29.1 Å². The van der Waals surface area contributed by atoms with E-state index in [4.69, 9.17) is 4.74 Å². The molecule has 2 aromatic carbocycles. The van der Waals surface area contributed by atoms with Crippen LogP contribution in [0.4, 0.5) is 5.69 Å². The van der Waals surface area contributed by atoms with Crippen molar-refractivity contribution in [1.82, 2.24) is 9.88 Å². The summed E-state index contributed by atoms with van der Waals surface area (Å²) in [4.78, 5) is 42.1. The summed E-state index contributed by atoms with van der Waals surface area (Å²) < 4.78 is 5.33. The largest absolute Gasteiger partial charge is 0.507 e. The van der Waals surface area contributed by atoms with Gasteiger partial charge in [-0.3, -0.25) is 19.7 Å². The number of likely N-dealkylation sites (tertiary alicyclic amines) is 1. The quantitative estimate of drug-likeness (QED) is 0.123. The maximum atomic E-state index is 13.1. The minimum absolute atomic E-state index is 0.0306. The first kappa shape index (κ1) is 23.3. The van der Waals surface area contributed by atoms with Crippen LogP contribution in [-0.4, -0.2) is 45.3 Å². The lowest BCUT2D eigenvalue weighted by Gasteiger charge is -2.24. The van der Waals surface area contributed by atoms with Crippen LogP contribution in [0.1, 0.15) is 22.0 Å². The second kappa shape index (κ2) is 9.31. The second-order valence-electron chi connectivity index (χ2n) is 8.29. The van der Waals surface area contributed by atoms with E-state index in [1.165, 1.54) is 40.5 Å². The molecule has 36 heavy (non-hydrogen) atoms. The Kier molecular flexibility index (Phi) is 6.03. The van der Waals surface area contributed by atoms with Gasteiger partial charge in [0.15, 0.2) is 0 Å². The van der Waals surface area contributed by atoms with E-state index in [1.54, 1.807) is 7.11 Å². The Morgan fingerprint density at radius 3 is 2.64 bits per heavy atom. The number of aliphatic hydroxyl groups excluding tert-OH is 1. The highest BCUT2D eigenvalue weighted by atomic mass is 32.1. The summed E-state index contributed by atoms with van der Waals surface area (Å²) in [6.07, 6.45) is 2.34. The van der Waals surface area contributed by atoms with Gasteiger partial charge in [0.05, 0.1) is 23.6 Å². The molecule has 0 saturated carbocycles. The van der Waals surface area contributed by atoms with Gasteiger partial charge < -0.3 is 19.7 Å². The summed E-state index contributed by atoms with van der Waals surface area (Å²) in [6, 6.07) is 13.8. The first-order valence-electron chi connectivity index (χ1n) is 11.1. The van der Waals surface area contributed by atoms with Crippen molar-refractivity contribution >= 4 is 45.4 Å². The number of non-ortho nitro benzene ring substituents is 1. The molecule has 182 valence electrons. The van der Waals surface area contributed by atoms with Gasteiger partial charge in [-0.2, -0.15) is 0 Å². The topological polar surface area (TPSA) is 126 Å². The number of carbonyl (C=O) groups excluding carboxylic acids is 2. The van der Waals surface area contributed by atoms with Gasteiger partial charge in [0.25, 0.3) is 17.4 Å². The number of nitrogens with zero attached hydrogens (tertiary/aromatic N) is 2. The molecule has 2 aromatic heterocycles. The van der Waals surface area contributed by atoms with E-state index in [2.05, 4.69) is 4.98 Å². The molecule has 0 bridgehead atoms. The van der Waals surface area contributed by atoms with Crippen molar-refractivity contribution in [3.8, 4) is 5.75 Å². The van der Waals surface area contributed by atoms with Crippen LogP contribution in [0, 0.1) is 10.1 Å². The molecule has 1 atom stereocenters. The predicted octanol–water partition coefficient (Wildman–Crippen LogP) is 4.81. The van der Waals surface area contributed by atoms with E-state index < -0.39 is 22.7 Å². The van der Waals surface area contributed by atoms with Crippen LogP contribution >= 0.6 is 11.3 Å². The number of ketones is 1. The number of aromatic amines is 1. The number of nitro groups is 1. The van der Waals surface area contributed by atoms with E-state index >= 15 is 0 Å². The Hall–Kier alpha value is -4.44. The Bertz CT molecular complexity index is 1500. The summed E-state index contributed by atoms with van der Waals surface area (Å²) in [7, 11) is 1.60. The highest BCUT2D eigenvalue weighted by Crippen LogP contribution is 2.41. The second-order valence-corrected chi connectivity index (χ2v) is 9.27. The predicted molar refractivity (Wildman–Crippen MR) is 135 cm³/mol. The van der Waals surface area contributed by atoms with Gasteiger partial charge in [-0.05, 0) is 53.8 Å². The van der Waals surface area contributed by atoms with E-state index in [9.17, 15) is 24.8 Å². The smallest absolute Gasteiger partial charge is 0.295 e. The molecule has 1 aliphatic rings. The van der Waals surface area contributed by atoms with Gasteiger partial charge in [-0.15, -0.1) is 11.3 Å². The summed E-state index contributed by atoms with van der Waals surface area (Å²) in [5.41, 5.74) is 1.95. The number of aromatic nitrogens is 1. The molecule has 2 N–H and O–H groups in total. The lowest BCUT2D eigenvalue weighted by atomic mass is 9.99. The Morgan fingerprint density at radius 2 is 1.97 bits per heavy atom. The normalized spacial score (nSPS) is 17.1. The fourth-order valence-corrected chi connectivity index (χ4v) is 5.33. The number of nitro benzene ring substituents is 1. The fourth-order valence-electron chi connectivity index (χ4n) is 4.48. The molecule has 0 radical (unpaired) electrons. The third kappa shape index (κ3) is 4.01. The van der Waals surface area contributed by atoms with Crippen LogP contribution in [0.25, 0.3) is 16.7 Å². The van der Waals surface area contributed by atoms with Gasteiger partial charge in [0.1, 0.15) is 11.5 Å². The van der Waals surface area contributed by atoms with Gasteiger partial charge in [-0.25, -0.2) is 0 Å². The van der Waals surface area contributed by atoms with Gasteiger partial charge in [0.2, 0.25) is 0 Å². The molecule has 0 aliphatic carbocycles. The molecule has 0 spiro atoms. The molecule has 10 heteroatoms. The molecule has 1 aliphatic heterocycles. The lowest BCUT2D eigenvalue weighted by Crippen LogP contribution is -2.31. The lowest BCUT2D eigenvalue weighted by molar-refractivity contribution is -0.384. The number of hydrogen-bond acceptors (Lipinski definition) is 7. The highest BCUT2D eigenvalue weighted by Gasteiger charge is 2.46. The van der Waals surface area contributed by atoms with Gasteiger partial charge in [-0.1, -0.05) is 6.07 Å². The number of nitrogens with one attached hydrogen (secondary N) is 1. The Balaban J connectivity index is 1.51. The number of benzene rings is 2. The average molecular weight is 504 g/mol. The van der Waals surface area contributed by atoms with Crippen molar-refractivity contribution in [1.29, 1.82) is 0 Å². The monoisotopic (exact) mass is 503 g/mol. The molecule has 1 saturated heterocycles. The number of rotatable bonds is 7. The van der Waals surface area contributed by atoms with Crippen molar-refractivity contribution < 1.29 is 24.4 Å². The Morgan fingerprint density at radius 1 is 1.19 bits per heavy atom. The van der Waals surface area contributed by atoms with Crippen molar-refractivity contribution in [3.05, 3.63) is 97.9 Å². The maximum absolute atomic E-state index is 13.1. The number of thiophene rings is 1. The molecular weight excluding hydrogens is 482 g/mol. The van der Waals surface area contributed by atoms with Crippen LogP contribution in [0.5, 0.6) is 5.75 Å². The number of H-pyrrole nitrogens is 1. The van der Waals surface area contributed by atoms with Gasteiger partial charge in [0, 0.05) is 46.2 Å². The average Bonchev–Trinajstić information content (AvgIpc) is 3.61. The number of ether oxygens (including phenoxy) is 1. The number of hydrogen-bond donors (Lipinski definition) is 2. The highest BCUT2D eigenvalue weighted by molar-refractivity contribution is 7.10. The molecular formula is C26H21N3O6S. The number of fused-ring (bicyclic) bond motifs is 1. The third-order valence-corrected chi connectivity index (χ3v) is 7.23. The molecule has 9 nitrogen and oxygen atoms in total. The molecule has 5 rings (SSSR count). The van der Waals surface area contributed by atoms with Gasteiger partial charge >= 0.3 is 0 Å². The van der Waals surface area contributed by atoms with E-state index in [1.807, 2.05) is 41.9 Å². The SMILES string of the molecule is COc1ccc2[nH]cc(CCN3C(=O)C(=O)C(=C(O)c4ccc([N+](=O)[O-])cc4)[C@H]3c3cccs3)c2c1. The van der Waals surface area contributed by atoms with Crippen LogP contribution in [0.3, 0.4) is 0 Å². The minimum atomic E-state index is -0.787. The van der Waals surface area contributed by atoms with Crippen molar-refractivity contribution in [2.45, 2.75) is 12.5 Å². The fraction of sp³-hybridized carbons (Fsp3) is 0.154. The standard InChI is InChI=1S/C26H21N3O6S/c1-35-18-8-9-20-19(13-18)16(14-27-20)10-11-28-23(21-3-2-12-36-21)22(25(31)26(28)32)24(30)15-4-6-17(7-5-15)29(33)34/h2-9,12-14,23,27,30H,10-11H2,1H3/t23-/m1/s1. The summed E-state index contributed by atoms with van der Waals surface area (Å²) >= 11 is 1.38. The summed E-state index contributed by atoms with van der Waals surface area (Å²) in [5.74, 6) is -1.13. The molecule has 0 unspecified atom stereocenters. The molecule has 3 heterocycles. The first-order chi connectivity index (χ1) is 17.4. The van der Waals surface area contributed by atoms with Crippen molar-refractivity contribution in [2.75, 3.05) is 13.7 Å². The van der Waals surface area contributed by atoms with Crippen LogP contribution in [-0.2, 0) is 16.0 Å². The van der Waals surface area contributed by atoms with Crippen molar-refractivity contribution in [2.24, 2.45) is 0 Å². The molecule has 1 fully saturated rings. The van der Waals surface area contributed by atoms with Crippen LogP contribution in [0.2, 0.25) is 0 Å². The van der Waals surface area contributed by atoms with Crippen LogP contribution < -0.4 is 4.74 Å². The zero-order valence-electron chi connectivity index (χ0n) is 19.1. The minimum Gasteiger partial charge on any atom is -0.507 e. The molecule has 1 amide bonds. The van der Waals surface area contributed by atoms with Crippen LogP contribution in [0.15, 0.2) is 71.7 Å². The number of Topliss-reactive ketones (excluding diaryl/α,β-unsaturated/α-hetero) is 1. The number of aliphatic hydroxyl groups is 1. The number of carbonyl (C=O) groups is 2. The van der Waals surface area contributed by atoms with E-state index in [0.717, 1.165) is 21.3 Å². The van der Waals surface area contributed by atoms with E-state index in [0.29, 0.717) is 12.2 Å². The summed E-state index contributed by atoms with van der Waals surface area (Å²) in [5, 5.41) is 24.9. The zero-order chi connectivity index (χ0) is 25.4. The Labute approximate surface area is 209 Å². The maximum Gasteiger partial charge on any atom is 0.295 e. The number of methoxy groups -OCH3 is 1. The first-order valence-corrected chi connectivity index (χ1v) is 12.0. The van der Waals surface area contributed by atoms with Crippen molar-refractivity contribution in [3.63, 3.8) is 0 Å². The summed E-state index contributed by atoms with van der Waals surface area (Å²) in [6.45, 7) is 0.244. The third-order valence-electron chi connectivity index (χ3n) is 6.30. The molecule has 4 aromatic rings. The number of amides is 1.